The number of benzene rings is 2. The molecule has 0 saturated heterocycles. The molecule has 0 amide bonds. The smallest absolute Gasteiger partial charge is 0.0294 e. The van der Waals surface area contributed by atoms with Crippen LogP contribution in [0, 0.1) is 12.3 Å². The van der Waals surface area contributed by atoms with E-state index < -0.39 is 0 Å². The highest BCUT2D eigenvalue weighted by atomic mass is 14.9. The maximum absolute atomic E-state index is 5.33. The van der Waals surface area contributed by atoms with E-state index in [-0.39, 0.29) is 0 Å². The highest BCUT2D eigenvalue weighted by Crippen LogP contribution is 2.20. The monoisotopic (exact) mass is 237 g/mol. The predicted molar refractivity (Wildman–Crippen MR) is 78.4 cm³/mol. The van der Waals surface area contributed by atoms with Crippen LogP contribution in [0.3, 0.4) is 0 Å². The van der Waals surface area contributed by atoms with Crippen LogP contribution < -0.4 is 5.32 Å². The van der Waals surface area contributed by atoms with Crippen molar-refractivity contribution in [3.8, 4) is 12.3 Å². The zero-order chi connectivity index (χ0) is 13.0. The second kappa shape index (κ2) is 5.71. The van der Waals surface area contributed by atoms with Crippen LogP contribution in [-0.2, 0) is 0 Å². The molecule has 0 aliphatic carbocycles. The third-order valence-electron chi connectivity index (χ3n) is 3.23. The van der Waals surface area contributed by atoms with Crippen LogP contribution in [0.2, 0.25) is 0 Å². The second-order valence-electron chi connectivity index (χ2n) is 4.80. The Hall–Kier alpha value is -1.78. The molecule has 0 bridgehead atoms. The second-order valence-corrected chi connectivity index (χ2v) is 4.80. The van der Waals surface area contributed by atoms with E-state index in [1.165, 1.54) is 16.3 Å². The largest absolute Gasteiger partial charge is 0.307 e. The van der Waals surface area contributed by atoms with E-state index in [4.69, 9.17) is 6.42 Å². The minimum absolute atomic E-state index is 0.318. The molecule has 0 saturated carbocycles. The summed E-state index contributed by atoms with van der Waals surface area (Å²) in [5, 5.41) is 6.09. The lowest BCUT2D eigenvalue weighted by Crippen LogP contribution is -2.28. The van der Waals surface area contributed by atoms with E-state index in [0.717, 1.165) is 6.42 Å². The molecule has 0 heterocycles. The van der Waals surface area contributed by atoms with Crippen molar-refractivity contribution in [1.29, 1.82) is 0 Å². The molecule has 2 rings (SSSR count). The molecule has 2 unspecified atom stereocenters. The van der Waals surface area contributed by atoms with E-state index in [2.05, 4.69) is 67.5 Å². The third-order valence-corrected chi connectivity index (χ3v) is 3.23. The molecule has 0 aromatic heterocycles. The van der Waals surface area contributed by atoms with Crippen molar-refractivity contribution in [1.82, 2.24) is 5.32 Å². The third kappa shape index (κ3) is 2.91. The van der Waals surface area contributed by atoms with Crippen LogP contribution in [0.1, 0.15) is 31.9 Å². The minimum Gasteiger partial charge on any atom is -0.307 e. The summed E-state index contributed by atoms with van der Waals surface area (Å²) in [4.78, 5) is 0. The van der Waals surface area contributed by atoms with Crippen LogP contribution in [0.4, 0.5) is 0 Å². The van der Waals surface area contributed by atoms with Gasteiger partial charge in [-0.3, -0.25) is 0 Å². The maximum Gasteiger partial charge on any atom is 0.0294 e. The number of rotatable bonds is 4. The van der Waals surface area contributed by atoms with Crippen molar-refractivity contribution < 1.29 is 0 Å². The van der Waals surface area contributed by atoms with Gasteiger partial charge in [0.05, 0.1) is 0 Å². The van der Waals surface area contributed by atoms with Gasteiger partial charge in [-0.15, -0.1) is 12.3 Å². The average Bonchev–Trinajstić information content (AvgIpc) is 2.38. The van der Waals surface area contributed by atoms with Gasteiger partial charge in [0.15, 0.2) is 0 Å². The van der Waals surface area contributed by atoms with Crippen molar-refractivity contribution in [3.63, 3.8) is 0 Å². The Labute approximate surface area is 109 Å². The van der Waals surface area contributed by atoms with E-state index in [9.17, 15) is 0 Å². The van der Waals surface area contributed by atoms with E-state index >= 15 is 0 Å². The van der Waals surface area contributed by atoms with Gasteiger partial charge in [-0.05, 0) is 36.2 Å². The summed E-state index contributed by atoms with van der Waals surface area (Å²) in [7, 11) is 0. The Bertz CT molecular complexity index is 565. The summed E-state index contributed by atoms with van der Waals surface area (Å²) in [5.74, 6) is 2.69. The highest BCUT2D eigenvalue weighted by Gasteiger charge is 2.08. The normalized spacial score (nSPS) is 14.1. The van der Waals surface area contributed by atoms with Crippen LogP contribution in [-0.4, -0.2) is 6.04 Å². The maximum atomic E-state index is 5.33. The molecule has 0 fully saturated rings. The first-order chi connectivity index (χ1) is 8.70. The molecule has 1 N–H and O–H groups in total. The molecule has 2 aromatic rings. The van der Waals surface area contributed by atoms with Crippen LogP contribution in [0.5, 0.6) is 0 Å². The Morgan fingerprint density at radius 2 is 1.83 bits per heavy atom. The fourth-order valence-corrected chi connectivity index (χ4v) is 2.24. The lowest BCUT2D eigenvalue weighted by atomic mass is 10.0. The summed E-state index contributed by atoms with van der Waals surface area (Å²) < 4.78 is 0. The summed E-state index contributed by atoms with van der Waals surface area (Å²) in [6.07, 6.45) is 6.09. The standard InChI is InChI=1S/C17H19N/c1-4-7-13(2)18-14(3)16-11-10-15-8-5-6-9-17(15)12-16/h1,5-6,8-14,18H,7H2,2-3H3. The van der Waals surface area contributed by atoms with Gasteiger partial charge in [0, 0.05) is 18.5 Å². The zero-order valence-corrected chi connectivity index (χ0v) is 11.0. The quantitative estimate of drug-likeness (QED) is 0.795. The molecular formula is C17H19N. The molecule has 1 nitrogen and oxygen atoms in total. The van der Waals surface area contributed by atoms with Gasteiger partial charge >= 0.3 is 0 Å². The molecule has 0 aliphatic heterocycles. The first-order valence-corrected chi connectivity index (χ1v) is 6.39. The van der Waals surface area contributed by atoms with Gasteiger partial charge in [-0.2, -0.15) is 0 Å². The summed E-state index contributed by atoms with van der Waals surface area (Å²) in [6, 6.07) is 15.7. The van der Waals surface area contributed by atoms with Gasteiger partial charge in [-0.1, -0.05) is 36.4 Å². The Morgan fingerprint density at radius 3 is 2.56 bits per heavy atom. The Balaban J connectivity index is 2.18. The van der Waals surface area contributed by atoms with Crippen molar-refractivity contribution in [2.75, 3.05) is 0 Å². The van der Waals surface area contributed by atoms with Gasteiger partial charge in [0.1, 0.15) is 0 Å². The van der Waals surface area contributed by atoms with Crippen LogP contribution >= 0.6 is 0 Å². The fourth-order valence-electron chi connectivity index (χ4n) is 2.24. The molecule has 18 heavy (non-hydrogen) atoms. The summed E-state index contributed by atoms with van der Waals surface area (Å²) >= 11 is 0. The number of hydrogen-bond acceptors (Lipinski definition) is 1. The Morgan fingerprint density at radius 1 is 1.11 bits per heavy atom. The minimum atomic E-state index is 0.318. The molecule has 0 aliphatic rings. The van der Waals surface area contributed by atoms with Gasteiger partial charge in [0.2, 0.25) is 0 Å². The SMILES string of the molecule is C#CCC(C)NC(C)c1ccc2ccccc2c1. The van der Waals surface area contributed by atoms with Gasteiger partial charge in [-0.25, -0.2) is 0 Å². The molecule has 0 spiro atoms. The molecule has 2 aromatic carbocycles. The Kier molecular flexibility index (Phi) is 4.02. The van der Waals surface area contributed by atoms with Crippen LogP contribution in [0.15, 0.2) is 42.5 Å². The summed E-state index contributed by atoms with van der Waals surface area (Å²) in [6.45, 7) is 4.30. The predicted octanol–water partition coefficient (Wildman–Crippen LogP) is 3.90. The first-order valence-electron chi connectivity index (χ1n) is 6.39. The van der Waals surface area contributed by atoms with E-state index in [1.54, 1.807) is 0 Å². The first kappa shape index (κ1) is 12.7. The number of terminal acetylenes is 1. The molecule has 92 valence electrons. The number of hydrogen-bond donors (Lipinski definition) is 1. The topological polar surface area (TPSA) is 12.0 Å². The molecule has 2 atom stereocenters. The molecule has 0 radical (unpaired) electrons. The average molecular weight is 237 g/mol. The highest BCUT2D eigenvalue weighted by molar-refractivity contribution is 5.83. The number of fused-ring (bicyclic) bond motifs is 1. The fraction of sp³-hybridized carbons (Fsp3) is 0.294. The summed E-state index contributed by atoms with van der Waals surface area (Å²) in [5.41, 5.74) is 1.30. The van der Waals surface area contributed by atoms with Crippen molar-refractivity contribution in [3.05, 3.63) is 48.0 Å². The number of nitrogens with one attached hydrogen (secondary N) is 1. The molecule has 1 heteroatoms. The van der Waals surface area contributed by atoms with Crippen LogP contribution in [0.25, 0.3) is 10.8 Å². The van der Waals surface area contributed by atoms with Gasteiger partial charge in [0.25, 0.3) is 0 Å². The van der Waals surface area contributed by atoms with E-state index in [0.29, 0.717) is 12.1 Å². The lowest BCUT2D eigenvalue weighted by Gasteiger charge is -2.19. The zero-order valence-electron chi connectivity index (χ0n) is 11.0. The van der Waals surface area contributed by atoms with Gasteiger partial charge < -0.3 is 5.32 Å². The molecular weight excluding hydrogens is 218 g/mol. The van der Waals surface area contributed by atoms with E-state index in [1.807, 2.05) is 0 Å². The van der Waals surface area contributed by atoms with Crippen molar-refractivity contribution >= 4 is 10.8 Å². The van der Waals surface area contributed by atoms with Crippen molar-refractivity contribution in [2.45, 2.75) is 32.4 Å². The lowest BCUT2D eigenvalue weighted by molar-refractivity contribution is 0.487. The van der Waals surface area contributed by atoms with Crippen molar-refractivity contribution in [2.24, 2.45) is 0 Å².